The number of piperidine rings is 1. The van der Waals surface area contributed by atoms with Crippen molar-refractivity contribution in [3.8, 4) is 0 Å². The zero-order valence-electron chi connectivity index (χ0n) is 15.3. The fourth-order valence-electron chi connectivity index (χ4n) is 4.56. The predicted octanol–water partition coefficient (Wildman–Crippen LogP) is 1.20. The van der Waals surface area contributed by atoms with Crippen LogP contribution in [0.1, 0.15) is 18.0 Å². The van der Waals surface area contributed by atoms with Gasteiger partial charge >= 0.3 is 0 Å². The average molecular weight is 376 g/mol. The lowest BCUT2D eigenvalue weighted by molar-refractivity contribution is -0.134. The first-order chi connectivity index (χ1) is 13.6. The minimum absolute atomic E-state index is 0.0162. The molecular weight excluding hydrogens is 356 g/mol. The molecule has 7 heteroatoms. The summed E-state index contributed by atoms with van der Waals surface area (Å²) in [6.07, 6.45) is 2.44. The number of para-hydroxylation sites is 1. The van der Waals surface area contributed by atoms with Crippen LogP contribution in [0.4, 0.5) is 0 Å². The van der Waals surface area contributed by atoms with E-state index in [1.165, 1.54) is 10.9 Å². The van der Waals surface area contributed by atoms with Gasteiger partial charge in [-0.25, -0.2) is 4.98 Å². The quantitative estimate of drug-likeness (QED) is 0.674. The molecule has 2 aliphatic rings. The molecule has 2 aliphatic heterocycles. The number of benzene rings is 1. The van der Waals surface area contributed by atoms with Crippen molar-refractivity contribution in [2.24, 2.45) is 5.92 Å². The number of aromatic nitrogens is 3. The van der Waals surface area contributed by atoms with Gasteiger partial charge in [-0.3, -0.25) is 19.0 Å². The van der Waals surface area contributed by atoms with Crippen molar-refractivity contribution in [2.75, 3.05) is 13.1 Å². The second-order valence-corrected chi connectivity index (χ2v) is 7.69. The van der Waals surface area contributed by atoms with Crippen LogP contribution in [0.5, 0.6) is 0 Å². The van der Waals surface area contributed by atoms with E-state index in [0.29, 0.717) is 30.5 Å². The predicted molar refractivity (Wildman–Crippen MR) is 104 cm³/mol. The van der Waals surface area contributed by atoms with Crippen LogP contribution in [0.3, 0.4) is 0 Å². The Morgan fingerprint density at radius 3 is 2.79 bits per heavy atom. The Hall–Kier alpha value is -3.22. The van der Waals surface area contributed by atoms with Gasteiger partial charge in [0, 0.05) is 37.3 Å². The lowest BCUT2D eigenvalue weighted by Crippen LogP contribution is -2.50. The monoisotopic (exact) mass is 376 g/mol. The molecule has 0 saturated carbocycles. The normalized spacial score (nSPS) is 20.8. The second-order valence-electron chi connectivity index (χ2n) is 7.69. The van der Waals surface area contributed by atoms with E-state index in [1.54, 1.807) is 30.3 Å². The van der Waals surface area contributed by atoms with Gasteiger partial charge in [0.1, 0.15) is 6.54 Å². The summed E-state index contributed by atoms with van der Waals surface area (Å²) < 4.78 is 3.23. The molecule has 0 unspecified atom stereocenters. The topological polar surface area (TPSA) is 77.2 Å². The van der Waals surface area contributed by atoms with E-state index in [4.69, 9.17) is 0 Å². The van der Waals surface area contributed by atoms with Crippen LogP contribution in [0.15, 0.2) is 58.4 Å². The number of nitrogens with zero attached hydrogens (tertiary/aromatic N) is 4. The number of hydrogen-bond donors (Lipinski definition) is 0. The molecule has 2 bridgehead atoms. The van der Waals surface area contributed by atoms with Crippen LogP contribution < -0.4 is 11.1 Å². The molecule has 2 atom stereocenters. The zero-order chi connectivity index (χ0) is 19.3. The zero-order valence-corrected chi connectivity index (χ0v) is 15.3. The summed E-state index contributed by atoms with van der Waals surface area (Å²) >= 11 is 0. The van der Waals surface area contributed by atoms with Gasteiger partial charge in [-0.1, -0.05) is 18.2 Å². The number of rotatable bonds is 2. The summed E-state index contributed by atoms with van der Waals surface area (Å²) in [5, 5.41) is 0.515. The van der Waals surface area contributed by atoms with E-state index in [2.05, 4.69) is 4.98 Å². The standard InChI is InChI=1S/C21H20N4O3/c26-19-7-3-6-18-15-8-14(10-25(18)19)9-23(11-15)20(27)12-24-13-22-17-5-2-1-4-16(17)21(24)28/h1-7,13-15H,8-12H2/t14-,15+/m0/s1. The highest BCUT2D eigenvalue weighted by molar-refractivity contribution is 5.79. The highest BCUT2D eigenvalue weighted by Crippen LogP contribution is 2.34. The number of likely N-dealkylation sites (tertiary alicyclic amines) is 1. The fraction of sp³-hybridized carbons (Fsp3) is 0.333. The summed E-state index contributed by atoms with van der Waals surface area (Å²) in [6, 6.07) is 12.5. The first-order valence-electron chi connectivity index (χ1n) is 9.52. The smallest absolute Gasteiger partial charge is 0.261 e. The molecule has 1 aromatic carbocycles. The van der Waals surface area contributed by atoms with Crippen LogP contribution in [-0.2, 0) is 17.9 Å². The molecule has 142 valence electrons. The lowest BCUT2D eigenvalue weighted by atomic mass is 9.83. The Morgan fingerprint density at radius 2 is 1.89 bits per heavy atom. The minimum Gasteiger partial charge on any atom is -0.340 e. The maximum Gasteiger partial charge on any atom is 0.261 e. The largest absolute Gasteiger partial charge is 0.340 e. The Bertz CT molecular complexity index is 1200. The van der Waals surface area contributed by atoms with Crippen molar-refractivity contribution in [1.29, 1.82) is 0 Å². The van der Waals surface area contributed by atoms with Crippen molar-refractivity contribution < 1.29 is 4.79 Å². The Labute approximate surface area is 160 Å². The molecule has 1 fully saturated rings. The molecule has 1 amide bonds. The van der Waals surface area contributed by atoms with E-state index in [-0.39, 0.29) is 35.4 Å². The van der Waals surface area contributed by atoms with E-state index in [0.717, 1.165) is 12.1 Å². The molecule has 0 N–H and O–H groups in total. The number of amides is 1. The molecule has 7 nitrogen and oxygen atoms in total. The molecular formula is C21H20N4O3. The number of pyridine rings is 1. The van der Waals surface area contributed by atoms with Crippen molar-refractivity contribution in [1.82, 2.24) is 19.0 Å². The molecule has 2 aromatic heterocycles. The van der Waals surface area contributed by atoms with E-state index < -0.39 is 0 Å². The van der Waals surface area contributed by atoms with Crippen molar-refractivity contribution in [2.45, 2.75) is 25.4 Å². The Kier molecular flexibility index (Phi) is 3.89. The van der Waals surface area contributed by atoms with E-state index in [1.807, 2.05) is 21.6 Å². The van der Waals surface area contributed by atoms with Crippen molar-refractivity contribution in [3.05, 3.63) is 75.2 Å². The summed E-state index contributed by atoms with van der Waals surface area (Å²) in [6.45, 7) is 1.82. The van der Waals surface area contributed by atoms with Crippen LogP contribution in [0.25, 0.3) is 10.9 Å². The van der Waals surface area contributed by atoms with Crippen LogP contribution >= 0.6 is 0 Å². The molecule has 28 heavy (non-hydrogen) atoms. The third kappa shape index (κ3) is 2.74. The summed E-state index contributed by atoms with van der Waals surface area (Å²) in [5.74, 6) is 0.346. The fourth-order valence-corrected chi connectivity index (χ4v) is 4.56. The summed E-state index contributed by atoms with van der Waals surface area (Å²) in [5.41, 5.74) is 1.46. The third-order valence-corrected chi connectivity index (χ3v) is 5.87. The third-order valence-electron chi connectivity index (χ3n) is 5.87. The Balaban J connectivity index is 1.40. The molecule has 0 aliphatic carbocycles. The Morgan fingerprint density at radius 1 is 1.04 bits per heavy atom. The maximum atomic E-state index is 12.9. The van der Waals surface area contributed by atoms with Crippen molar-refractivity contribution in [3.63, 3.8) is 0 Å². The summed E-state index contributed by atoms with van der Waals surface area (Å²) in [7, 11) is 0. The minimum atomic E-state index is -0.201. The van der Waals surface area contributed by atoms with Crippen LogP contribution in [0, 0.1) is 5.92 Å². The van der Waals surface area contributed by atoms with E-state index in [9.17, 15) is 14.4 Å². The first kappa shape index (κ1) is 16.9. The molecule has 0 radical (unpaired) electrons. The van der Waals surface area contributed by atoms with Crippen molar-refractivity contribution >= 4 is 16.8 Å². The number of fused-ring (bicyclic) bond motifs is 5. The van der Waals surface area contributed by atoms with Gasteiger partial charge < -0.3 is 9.47 Å². The lowest BCUT2D eigenvalue weighted by Gasteiger charge is -2.42. The van der Waals surface area contributed by atoms with Gasteiger partial charge in [0.25, 0.3) is 11.1 Å². The molecule has 0 spiro atoms. The maximum absolute atomic E-state index is 12.9. The van der Waals surface area contributed by atoms with Gasteiger partial charge in [-0.05, 0) is 30.5 Å². The molecule has 1 saturated heterocycles. The van der Waals surface area contributed by atoms with E-state index >= 15 is 0 Å². The first-order valence-corrected chi connectivity index (χ1v) is 9.52. The second kappa shape index (κ2) is 6.44. The summed E-state index contributed by atoms with van der Waals surface area (Å²) in [4.78, 5) is 43.9. The molecule has 4 heterocycles. The number of carbonyl (C=O) groups excluding carboxylic acids is 1. The molecule has 5 rings (SSSR count). The van der Waals surface area contributed by atoms with Crippen LogP contribution in [-0.4, -0.2) is 38.0 Å². The number of carbonyl (C=O) groups is 1. The van der Waals surface area contributed by atoms with Crippen LogP contribution in [0.2, 0.25) is 0 Å². The van der Waals surface area contributed by atoms with Gasteiger partial charge in [0.15, 0.2) is 0 Å². The highest BCUT2D eigenvalue weighted by atomic mass is 16.2. The number of hydrogen-bond acceptors (Lipinski definition) is 4. The van der Waals surface area contributed by atoms with Gasteiger partial charge in [-0.15, -0.1) is 0 Å². The van der Waals surface area contributed by atoms with Gasteiger partial charge in [-0.2, -0.15) is 0 Å². The van der Waals surface area contributed by atoms with Gasteiger partial charge in [0.05, 0.1) is 17.2 Å². The highest BCUT2D eigenvalue weighted by Gasteiger charge is 2.36. The van der Waals surface area contributed by atoms with Gasteiger partial charge in [0.2, 0.25) is 5.91 Å². The molecule has 3 aromatic rings. The average Bonchev–Trinajstić information content (AvgIpc) is 2.71. The SMILES string of the molecule is O=C(Cn1cnc2ccccc2c1=O)N1C[C@@H]2C[C@H](C1)c1cccc(=O)n1C2.